The van der Waals surface area contributed by atoms with Crippen molar-refractivity contribution in [3.8, 4) is 0 Å². The van der Waals surface area contributed by atoms with E-state index >= 15 is 0 Å². The topological polar surface area (TPSA) is 41.6 Å². The number of esters is 1. The quantitative estimate of drug-likeness (QED) is 0.859. The Bertz CT molecular complexity index is 657. The Hall–Kier alpha value is -2.33. The highest BCUT2D eigenvalue weighted by Gasteiger charge is 2.25. The van der Waals surface area contributed by atoms with Crippen LogP contribution in [0.1, 0.15) is 24.4 Å². The number of ether oxygens (including phenoxy) is 1. The van der Waals surface area contributed by atoms with E-state index in [0.717, 1.165) is 13.0 Å². The van der Waals surface area contributed by atoms with Crippen LogP contribution >= 0.6 is 0 Å². The van der Waals surface area contributed by atoms with Gasteiger partial charge in [-0.3, -0.25) is 4.79 Å². The lowest BCUT2D eigenvalue weighted by atomic mass is 9.95. The molecule has 1 N–H and O–H groups in total. The minimum atomic E-state index is -0.174. The first-order valence-corrected chi connectivity index (χ1v) is 8.01. The molecule has 1 unspecified atom stereocenters. The summed E-state index contributed by atoms with van der Waals surface area (Å²) in [6.45, 7) is 1.59. The Morgan fingerprint density at radius 3 is 2.70 bits per heavy atom. The van der Waals surface area contributed by atoms with E-state index in [1.54, 1.807) is 0 Å². The Labute approximate surface area is 137 Å². The van der Waals surface area contributed by atoms with Gasteiger partial charge < -0.3 is 15.0 Å². The summed E-state index contributed by atoms with van der Waals surface area (Å²) in [6.07, 6.45) is 1.41. The molecule has 23 heavy (non-hydrogen) atoms. The van der Waals surface area contributed by atoms with E-state index in [9.17, 15) is 4.79 Å². The number of nitrogens with one attached hydrogen (secondary N) is 1. The van der Waals surface area contributed by atoms with Gasteiger partial charge in [-0.25, -0.2) is 0 Å². The van der Waals surface area contributed by atoms with Crippen molar-refractivity contribution in [2.24, 2.45) is 0 Å². The Morgan fingerprint density at radius 2 is 1.91 bits per heavy atom. The van der Waals surface area contributed by atoms with Crippen LogP contribution in [-0.2, 0) is 9.53 Å². The second-order valence-corrected chi connectivity index (χ2v) is 5.67. The normalized spacial score (nSPS) is 16.7. The van der Waals surface area contributed by atoms with Gasteiger partial charge in [-0.2, -0.15) is 0 Å². The van der Waals surface area contributed by atoms with E-state index in [-0.39, 0.29) is 12.0 Å². The third kappa shape index (κ3) is 3.54. The average Bonchev–Trinajstić information content (AvgIpc) is 2.62. The molecule has 0 spiro atoms. The zero-order chi connectivity index (χ0) is 16.1. The van der Waals surface area contributed by atoms with E-state index < -0.39 is 0 Å². The molecule has 0 aliphatic carbocycles. The van der Waals surface area contributed by atoms with Crippen LogP contribution in [0.4, 0.5) is 11.4 Å². The minimum absolute atomic E-state index is 0.174. The molecular formula is C19H22N2O2. The van der Waals surface area contributed by atoms with Gasteiger partial charge in [0.1, 0.15) is 0 Å². The first-order valence-electron chi connectivity index (χ1n) is 8.01. The van der Waals surface area contributed by atoms with Crippen LogP contribution in [0.5, 0.6) is 0 Å². The number of methoxy groups -OCH3 is 1. The maximum Gasteiger partial charge on any atom is 0.306 e. The molecule has 1 heterocycles. The van der Waals surface area contributed by atoms with Crippen LogP contribution in [-0.4, -0.2) is 26.2 Å². The standard InChI is InChI=1S/C19H22N2O2/c1-23-19(22)11-13-20-17-12-14-21(15-7-3-2-4-8-15)18-10-6-5-9-16(17)18/h2-10,17,20H,11-14H2,1H3. The van der Waals surface area contributed by atoms with Crippen LogP contribution in [0.15, 0.2) is 54.6 Å². The summed E-state index contributed by atoms with van der Waals surface area (Å²) < 4.78 is 4.70. The average molecular weight is 310 g/mol. The highest BCUT2D eigenvalue weighted by Crippen LogP contribution is 2.37. The molecule has 4 nitrogen and oxygen atoms in total. The molecule has 1 atom stereocenters. The van der Waals surface area contributed by atoms with Crippen molar-refractivity contribution in [3.05, 3.63) is 60.2 Å². The summed E-state index contributed by atoms with van der Waals surface area (Å²) in [5.74, 6) is -0.174. The monoisotopic (exact) mass is 310 g/mol. The van der Waals surface area contributed by atoms with E-state index in [1.165, 1.54) is 24.0 Å². The lowest BCUT2D eigenvalue weighted by Crippen LogP contribution is -2.34. The second kappa shape index (κ2) is 7.29. The fourth-order valence-electron chi connectivity index (χ4n) is 3.10. The molecule has 0 fully saturated rings. The number of fused-ring (bicyclic) bond motifs is 1. The van der Waals surface area contributed by atoms with Gasteiger partial charge >= 0.3 is 5.97 Å². The Kier molecular flexibility index (Phi) is 4.93. The Balaban J connectivity index is 1.77. The third-order valence-electron chi connectivity index (χ3n) is 4.26. The van der Waals surface area contributed by atoms with Gasteiger partial charge in [0.05, 0.1) is 13.5 Å². The van der Waals surface area contributed by atoms with Crippen molar-refractivity contribution >= 4 is 17.3 Å². The molecule has 1 aliphatic rings. The number of carbonyl (C=O) groups is 1. The summed E-state index contributed by atoms with van der Waals surface area (Å²) in [4.78, 5) is 13.6. The number of rotatable bonds is 5. The molecule has 0 aromatic heterocycles. The molecule has 0 saturated carbocycles. The highest BCUT2D eigenvalue weighted by atomic mass is 16.5. The molecule has 0 saturated heterocycles. The van der Waals surface area contributed by atoms with Gasteiger partial charge in [0, 0.05) is 30.5 Å². The number of nitrogens with zero attached hydrogens (tertiary/aromatic N) is 1. The third-order valence-corrected chi connectivity index (χ3v) is 4.26. The highest BCUT2D eigenvalue weighted by molar-refractivity contribution is 5.70. The predicted molar refractivity (Wildman–Crippen MR) is 91.9 cm³/mol. The fraction of sp³-hybridized carbons (Fsp3) is 0.316. The van der Waals surface area contributed by atoms with E-state index in [4.69, 9.17) is 4.74 Å². The second-order valence-electron chi connectivity index (χ2n) is 5.67. The number of anilines is 2. The van der Waals surface area contributed by atoms with Crippen LogP contribution in [0.25, 0.3) is 0 Å². The zero-order valence-electron chi connectivity index (χ0n) is 13.4. The van der Waals surface area contributed by atoms with Crippen molar-refractivity contribution in [3.63, 3.8) is 0 Å². The Morgan fingerprint density at radius 1 is 1.17 bits per heavy atom. The number of carbonyl (C=O) groups excluding carboxylic acids is 1. The molecule has 1 aliphatic heterocycles. The molecule has 0 radical (unpaired) electrons. The maximum atomic E-state index is 11.3. The van der Waals surface area contributed by atoms with E-state index in [1.807, 2.05) is 6.07 Å². The summed E-state index contributed by atoms with van der Waals surface area (Å²) >= 11 is 0. The molecule has 0 amide bonds. The molecule has 3 rings (SSSR count). The summed E-state index contributed by atoms with van der Waals surface area (Å²) in [5, 5.41) is 3.49. The number of para-hydroxylation sites is 2. The van der Waals surface area contributed by atoms with Crippen molar-refractivity contribution in [1.82, 2.24) is 5.32 Å². The molecule has 2 aromatic rings. The van der Waals surface area contributed by atoms with Crippen molar-refractivity contribution in [1.29, 1.82) is 0 Å². The van der Waals surface area contributed by atoms with Gasteiger partial charge in [0.15, 0.2) is 0 Å². The van der Waals surface area contributed by atoms with Crippen molar-refractivity contribution < 1.29 is 9.53 Å². The summed E-state index contributed by atoms with van der Waals surface area (Å²) in [6, 6.07) is 19.2. The molecule has 4 heteroatoms. The first kappa shape index (κ1) is 15.6. The summed E-state index contributed by atoms with van der Waals surface area (Å²) in [7, 11) is 1.43. The van der Waals surface area contributed by atoms with Crippen LogP contribution in [0.3, 0.4) is 0 Å². The van der Waals surface area contributed by atoms with Crippen molar-refractivity contribution in [2.75, 3.05) is 25.1 Å². The van der Waals surface area contributed by atoms with Crippen LogP contribution in [0, 0.1) is 0 Å². The molecular weight excluding hydrogens is 288 g/mol. The lowest BCUT2D eigenvalue weighted by Gasteiger charge is -2.36. The van der Waals surface area contributed by atoms with Gasteiger partial charge in [0.25, 0.3) is 0 Å². The van der Waals surface area contributed by atoms with Gasteiger partial charge in [-0.1, -0.05) is 36.4 Å². The lowest BCUT2D eigenvalue weighted by molar-refractivity contribution is -0.140. The van der Waals surface area contributed by atoms with Crippen LogP contribution in [0.2, 0.25) is 0 Å². The summed E-state index contributed by atoms with van der Waals surface area (Å²) in [5.41, 5.74) is 3.74. The maximum absolute atomic E-state index is 11.3. The number of hydrogen-bond donors (Lipinski definition) is 1. The van der Waals surface area contributed by atoms with Gasteiger partial charge in [-0.15, -0.1) is 0 Å². The van der Waals surface area contributed by atoms with E-state index in [0.29, 0.717) is 13.0 Å². The zero-order valence-corrected chi connectivity index (χ0v) is 13.4. The fourth-order valence-corrected chi connectivity index (χ4v) is 3.10. The number of hydrogen-bond acceptors (Lipinski definition) is 4. The number of benzene rings is 2. The van der Waals surface area contributed by atoms with Gasteiger partial charge in [-0.05, 0) is 30.2 Å². The smallest absolute Gasteiger partial charge is 0.306 e. The molecule has 120 valence electrons. The van der Waals surface area contributed by atoms with Crippen LogP contribution < -0.4 is 10.2 Å². The molecule has 2 aromatic carbocycles. The molecule has 0 bridgehead atoms. The van der Waals surface area contributed by atoms with Gasteiger partial charge in [0.2, 0.25) is 0 Å². The largest absolute Gasteiger partial charge is 0.469 e. The SMILES string of the molecule is COC(=O)CCNC1CCN(c2ccccc2)c2ccccc21. The van der Waals surface area contributed by atoms with E-state index in [2.05, 4.69) is 58.7 Å². The predicted octanol–water partition coefficient (Wildman–Crippen LogP) is 3.42. The minimum Gasteiger partial charge on any atom is -0.469 e. The van der Waals surface area contributed by atoms with Crippen molar-refractivity contribution in [2.45, 2.75) is 18.9 Å². The first-order chi connectivity index (χ1) is 11.3.